The number of pyridine rings is 3. The Hall–Kier alpha value is -9.06. The second-order valence-electron chi connectivity index (χ2n) is 26.8. The first-order valence-electron chi connectivity index (χ1n) is 37.3. The summed E-state index contributed by atoms with van der Waals surface area (Å²) in [6.07, 6.45) is 19.2. The highest BCUT2D eigenvalue weighted by molar-refractivity contribution is 6.31. The lowest BCUT2D eigenvalue weighted by Gasteiger charge is -2.24. The van der Waals surface area contributed by atoms with Crippen molar-refractivity contribution in [3.8, 4) is 18.2 Å². The van der Waals surface area contributed by atoms with E-state index in [1.807, 2.05) is 13.8 Å². The molecule has 3 aromatic carbocycles. The van der Waals surface area contributed by atoms with E-state index < -0.39 is 23.5 Å². The van der Waals surface area contributed by atoms with Gasteiger partial charge in [-0.25, -0.2) is 28.1 Å². The Morgan fingerprint density at radius 1 is 0.435 bits per heavy atom. The number of nitrogens with two attached hydrogens (primary N) is 2. The molecule has 6 aromatic rings. The van der Waals surface area contributed by atoms with Gasteiger partial charge in [-0.1, -0.05) is 211 Å². The lowest BCUT2D eigenvalue weighted by atomic mass is 10.0. The van der Waals surface area contributed by atoms with E-state index in [0.717, 1.165) is 115 Å². The topological polar surface area (TPSA) is 331 Å². The number of benzene rings is 3. The summed E-state index contributed by atoms with van der Waals surface area (Å²) in [7, 11) is 0. The lowest BCUT2D eigenvalue weighted by molar-refractivity contribution is 0.0619. The van der Waals surface area contributed by atoms with Crippen LogP contribution in [-0.4, -0.2) is 127 Å². The normalized spacial score (nSPS) is 14.0. The first kappa shape index (κ1) is 91.3. The van der Waals surface area contributed by atoms with Gasteiger partial charge < -0.3 is 32.5 Å². The number of aromatic nitrogens is 3. The fourth-order valence-electron chi connectivity index (χ4n) is 11.5. The van der Waals surface area contributed by atoms with Crippen LogP contribution in [0.3, 0.4) is 0 Å². The molecule has 0 bridgehead atoms. The molecule has 6 amide bonds. The van der Waals surface area contributed by atoms with E-state index in [4.69, 9.17) is 67.2 Å². The second-order valence-corrected chi connectivity index (χ2v) is 27.9. The summed E-state index contributed by atoms with van der Waals surface area (Å²) in [5.74, 6) is -2.36. The SMILES string of the molecule is CCCC[C@@H](C)CN1C(=O)c2ccccc2C1=O.CCCC[C@@H](C)CO.CCCC[C@@H](N)CN1C(=O)c2ccccc2C1=O.CCCC[C@H](CC)Nc1nc(Cl)c(C#N)cc1F.CCCC[C@H](CN)Nc1nc(Cl)c(C#N)cc1F.CCCC[C@H](CN1C(=O)c2ccccc2C1=O)Nc1nc(Cl)c(C#N)cc1F. The summed E-state index contributed by atoms with van der Waals surface area (Å²) in [6.45, 7) is 20.5. The predicted molar refractivity (Wildman–Crippen MR) is 419 cm³/mol. The highest BCUT2D eigenvalue weighted by Gasteiger charge is 2.39. The van der Waals surface area contributed by atoms with E-state index in [1.54, 1.807) is 91.0 Å². The molecule has 3 aliphatic rings. The molecular formula is C81H104Cl3F3N14O7. The molecule has 21 nitrogen and oxygen atoms in total. The van der Waals surface area contributed by atoms with Crippen LogP contribution in [0.25, 0.3) is 0 Å². The maximum absolute atomic E-state index is 14.3. The number of carbonyl (C=O) groups excluding carboxylic acids is 6. The van der Waals surface area contributed by atoms with Crippen molar-refractivity contribution < 1.29 is 47.0 Å². The number of amides is 6. The van der Waals surface area contributed by atoms with Gasteiger partial charge in [-0.2, -0.15) is 15.8 Å². The minimum atomic E-state index is -0.718. The second kappa shape index (κ2) is 48.4. The Labute approximate surface area is 649 Å². The minimum Gasteiger partial charge on any atom is -0.396 e. The standard InChI is InChI=1S/C20H18ClFN4O2.C15H19NO2.C14H18N2O2.C13H17ClFN3.C12H16ClFN4.C7H16O/c1-2-3-6-13(24-18-16(22)9-12(10-23)17(21)25-18)11-26-19(27)14-7-4-5-8-15(14)20(26)28;1-3-4-7-11(2)10-16-14(17)12-8-5-6-9-13(12)15(16)18;1-2-3-6-10(15)9-16-13(17)11-7-4-5-8-12(11)14(16)18;1-3-5-6-10(4-2)17-13-11(15)7-9(8-16)12(14)18-13;1-2-3-4-9(7-16)17-12-10(14)5-8(6-15)11(13)18-12;1-3-4-5-7(2)6-8/h4-5,7-9,13H,2-3,6,11H2,1H3,(H,24,25);5-6,8-9,11H,3-4,7,10H2,1-2H3;4-5,7-8,10H,2-3,6,9,15H2,1H3;7,10H,3-6H2,1-2H3,(H,17,18);5,9H,2-4,7,16H2,1H3,(H,17,18);7-8H,3-6H2,1-2H3/t13-;11-;2*10-;9-;7-/m111011/s1. The Morgan fingerprint density at radius 3 is 1.03 bits per heavy atom. The van der Waals surface area contributed by atoms with Crippen molar-refractivity contribution in [2.45, 2.75) is 208 Å². The van der Waals surface area contributed by atoms with Crippen molar-refractivity contribution in [3.63, 3.8) is 0 Å². The van der Waals surface area contributed by atoms with Gasteiger partial charge in [0.15, 0.2) is 34.9 Å². The summed E-state index contributed by atoms with van der Waals surface area (Å²) in [6, 6.07) is 28.8. The van der Waals surface area contributed by atoms with E-state index in [9.17, 15) is 41.9 Å². The Morgan fingerprint density at radius 2 is 0.713 bits per heavy atom. The molecule has 0 unspecified atom stereocenters. The third-order valence-corrected chi connectivity index (χ3v) is 18.8. The monoisotopic (exact) mass is 1550 g/mol. The molecule has 0 aliphatic carbocycles. The molecule has 0 fully saturated rings. The Kier molecular flexibility index (Phi) is 40.9. The maximum atomic E-state index is 14.3. The summed E-state index contributed by atoms with van der Waals surface area (Å²) >= 11 is 17.5. The number of fused-ring (bicyclic) bond motifs is 3. The third kappa shape index (κ3) is 27.6. The number of anilines is 3. The zero-order valence-corrected chi connectivity index (χ0v) is 65.7. The number of nitrogens with one attached hydrogen (secondary N) is 3. The van der Waals surface area contributed by atoms with Crippen LogP contribution in [0.4, 0.5) is 30.6 Å². The molecule has 0 saturated carbocycles. The Balaban J connectivity index is 0.000000281. The van der Waals surface area contributed by atoms with Crippen LogP contribution in [0.1, 0.15) is 263 Å². The summed E-state index contributed by atoms with van der Waals surface area (Å²) in [5, 5.41) is 43.7. The number of carbonyl (C=O) groups is 6. The van der Waals surface area contributed by atoms with E-state index in [0.29, 0.717) is 77.9 Å². The fraction of sp³-hybridized carbons (Fsp3) is 0.481. The van der Waals surface area contributed by atoms with Crippen LogP contribution in [0.2, 0.25) is 15.5 Å². The number of nitrogens with zero attached hydrogens (tertiary/aromatic N) is 9. The van der Waals surface area contributed by atoms with Crippen molar-refractivity contribution in [1.29, 1.82) is 15.8 Å². The first-order chi connectivity index (χ1) is 51.8. The molecule has 3 aromatic heterocycles. The maximum Gasteiger partial charge on any atom is 0.261 e. The minimum absolute atomic E-state index is 0.00679. The molecule has 6 atom stereocenters. The van der Waals surface area contributed by atoms with Gasteiger partial charge in [0.2, 0.25) is 0 Å². The van der Waals surface area contributed by atoms with E-state index in [1.165, 1.54) is 34.0 Å². The number of halogens is 6. The zero-order chi connectivity index (χ0) is 80.0. The van der Waals surface area contributed by atoms with Crippen LogP contribution in [-0.2, 0) is 0 Å². The summed E-state index contributed by atoms with van der Waals surface area (Å²) in [4.78, 5) is 89.1. The van der Waals surface area contributed by atoms with Gasteiger partial charge in [-0.3, -0.25) is 43.5 Å². The molecule has 27 heteroatoms. The molecule has 3 aliphatic heterocycles. The summed E-state index contributed by atoms with van der Waals surface area (Å²) < 4.78 is 41.7. The molecule has 582 valence electrons. The third-order valence-electron chi connectivity index (χ3n) is 18.0. The number of aliphatic hydroxyl groups excluding tert-OH is 1. The van der Waals surface area contributed by atoms with Crippen LogP contribution in [0, 0.1) is 63.3 Å². The largest absolute Gasteiger partial charge is 0.396 e. The number of imide groups is 3. The van der Waals surface area contributed by atoms with E-state index in [2.05, 4.69) is 79.4 Å². The van der Waals surface area contributed by atoms with Gasteiger partial charge in [-0.05, 0) is 111 Å². The van der Waals surface area contributed by atoms with Crippen LogP contribution in [0.15, 0.2) is 91.0 Å². The number of nitriles is 3. The number of hydrogen-bond donors (Lipinski definition) is 6. The van der Waals surface area contributed by atoms with Gasteiger partial charge in [0.1, 0.15) is 33.7 Å². The van der Waals surface area contributed by atoms with Crippen LogP contribution < -0.4 is 27.4 Å². The average molecular weight is 1550 g/mol. The molecule has 108 heavy (non-hydrogen) atoms. The van der Waals surface area contributed by atoms with Crippen molar-refractivity contribution in [2.75, 3.05) is 48.7 Å². The van der Waals surface area contributed by atoms with Crippen molar-refractivity contribution in [3.05, 3.63) is 174 Å². The van der Waals surface area contributed by atoms with Gasteiger partial charge in [0.05, 0.1) is 50.1 Å². The molecule has 6 heterocycles. The van der Waals surface area contributed by atoms with Gasteiger partial charge in [0.25, 0.3) is 35.4 Å². The molecule has 8 N–H and O–H groups in total. The average Bonchev–Trinajstić information content (AvgIpc) is 1.65. The van der Waals surface area contributed by atoms with E-state index in [-0.39, 0.29) is 110 Å². The van der Waals surface area contributed by atoms with Crippen molar-refractivity contribution in [1.82, 2.24) is 29.7 Å². The molecule has 0 saturated heterocycles. The highest BCUT2D eigenvalue weighted by Crippen LogP contribution is 2.30. The predicted octanol–water partition coefficient (Wildman–Crippen LogP) is 17.5. The number of unbranched alkanes of at least 4 members (excludes halogenated alkanes) is 6. The number of aliphatic hydroxyl groups is 1. The summed E-state index contributed by atoms with van der Waals surface area (Å²) in [5.41, 5.74) is 14.4. The van der Waals surface area contributed by atoms with Crippen LogP contribution >= 0.6 is 34.8 Å². The van der Waals surface area contributed by atoms with Gasteiger partial charge in [-0.15, -0.1) is 0 Å². The highest BCUT2D eigenvalue weighted by atomic mass is 35.5. The Bertz CT molecular complexity index is 3800. The van der Waals surface area contributed by atoms with Gasteiger partial charge in [0, 0.05) is 57.0 Å². The zero-order valence-electron chi connectivity index (χ0n) is 63.4. The first-order valence-corrected chi connectivity index (χ1v) is 38.4. The molecule has 9 rings (SSSR count). The number of hydrogen-bond acceptors (Lipinski definition) is 18. The molecule has 0 radical (unpaired) electrons. The van der Waals surface area contributed by atoms with E-state index >= 15 is 0 Å². The smallest absolute Gasteiger partial charge is 0.261 e. The van der Waals surface area contributed by atoms with Gasteiger partial charge >= 0.3 is 0 Å². The van der Waals surface area contributed by atoms with Crippen LogP contribution in [0.5, 0.6) is 0 Å². The lowest BCUT2D eigenvalue weighted by Crippen LogP contribution is -2.40. The molecule has 0 spiro atoms. The molecular weight excluding hydrogens is 1440 g/mol. The number of rotatable bonds is 33. The van der Waals surface area contributed by atoms with Crippen molar-refractivity contribution >= 4 is 87.7 Å². The van der Waals surface area contributed by atoms with Crippen molar-refractivity contribution in [2.24, 2.45) is 23.3 Å². The quantitative estimate of drug-likeness (QED) is 0.0165. The fourth-order valence-corrected chi connectivity index (χ4v) is 12.1.